The number of likely N-dealkylation sites (tertiary alicyclic amines) is 1. The number of amides is 1. The van der Waals surface area contributed by atoms with Gasteiger partial charge < -0.3 is 29.9 Å². The van der Waals surface area contributed by atoms with Crippen molar-refractivity contribution in [1.29, 1.82) is 0 Å². The average Bonchev–Trinajstić information content (AvgIpc) is 3.21. The van der Waals surface area contributed by atoms with Crippen molar-refractivity contribution in [2.75, 3.05) is 19.6 Å². The molecule has 0 bridgehead atoms. The summed E-state index contributed by atoms with van der Waals surface area (Å²) in [7, 11) is 0. The number of aliphatic hydroxyl groups is 2. The molecule has 2 heterocycles. The maximum atomic E-state index is 12.6. The van der Waals surface area contributed by atoms with Crippen molar-refractivity contribution >= 4 is 17.5 Å². The van der Waals surface area contributed by atoms with E-state index in [9.17, 15) is 15.0 Å². The summed E-state index contributed by atoms with van der Waals surface area (Å²) in [5.74, 6) is 0.181. The molecule has 1 amide bonds. The van der Waals surface area contributed by atoms with Crippen molar-refractivity contribution in [3.05, 3.63) is 106 Å². The van der Waals surface area contributed by atoms with Crippen molar-refractivity contribution in [3.8, 4) is 0 Å². The van der Waals surface area contributed by atoms with Gasteiger partial charge in [-0.15, -0.1) is 0 Å². The highest BCUT2D eigenvalue weighted by Gasteiger charge is 2.41. The summed E-state index contributed by atoms with van der Waals surface area (Å²) in [5, 5.41) is 24.9. The first-order valence-electron chi connectivity index (χ1n) is 21.3. The molecule has 2 aliphatic rings. The van der Waals surface area contributed by atoms with Crippen LogP contribution >= 0.6 is 11.6 Å². The first-order valence-corrected chi connectivity index (χ1v) is 21.7. The van der Waals surface area contributed by atoms with E-state index in [-0.39, 0.29) is 30.6 Å². The third kappa shape index (κ3) is 13.7. The molecule has 55 heavy (non-hydrogen) atoms. The summed E-state index contributed by atoms with van der Waals surface area (Å²) >= 11 is 6.11. The van der Waals surface area contributed by atoms with Gasteiger partial charge in [-0.1, -0.05) is 163 Å². The highest BCUT2D eigenvalue weighted by atomic mass is 35.5. The zero-order valence-corrected chi connectivity index (χ0v) is 34.3. The van der Waals surface area contributed by atoms with E-state index >= 15 is 0 Å². The minimum absolute atomic E-state index is 0.000704. The SMILES string of the molecule is CCCCCCCCCCCCCCCC(=O)NCc1ccc(C2O[C@H](CN3CCC(O)(c4ccc(Cl)cc4)CC3)[C@H](C)[C@H](c3ccc(CO)cc3)O2)cc1. The molecule has 0 radical (unpaired) electrons. The van der Waals surface area contributed by atoms with Crippen LogP contribution in [0.4, 0.5) is 0 Å². The van der Waals surface area contributed by atoms with Gasteiger partial charge in [0.15, 0.2) is 6.29 Å². The summed E-state index contributed by atoms with van der Waals surface area (Å²) in [4.78, 5) is 15.0. The van der Waals surface area contributed by atoms with Gasteiger partial charge in [0.1, 0.15) is 0 Å². The lowest BCUT2D eigenvalue weighted by atomic mass is 9.84. The van der Waals surface area contributed by atoms with E-state index in [1.165, 1.54) is 70.6 Å². The Morgan fingerprint density at radius 3 is 1.89 bits per heavy atom. The first-order chi connectivity index (χ1) is 26.8. The molecule has 8 heteroatoms. The number of carbonyl (C=O) groups is 1. The van der Waals surface area contributed by atoms with Crippen LogP contribution in [0.25, 0.3) is 0 Å². The lowest BCUT2D eigenvalue weighted by molar-refractivity contribution is -0.277. The summed E-state index contributed by atoms with van der Waals surface area (Å²) in [5.41, 5.74) is 3.95. The van der Waals surface area contributed by atoms with E-state index in [1.54, 1.807) is 0 Å². The Labute approximate surface area is 336 Å². The van der Waals surface area contributed by atoms with E-state index in [0.717, 1.165) is 60.3 Å². The molecule has 3 aromatic carbocycles. The van der Waals surface area contributed by atoms with E-state index in [2.05, 4.69) is 24.1 Å². The van der Waals surface area contributed by atoms with Crippen LogP contribution < -0.4 is 5.32 Å². The van der Waals surface area contributed by atoms with Gasteiger partial charge in [-0.25, -0.2) is 0 Å². The number of unbranched alkanes of at least 4 members (excludes halogenated alkanes) is 12. The number of carbonyl (C=O) groups excluding carboxylic acids is 1. The Bertz CT molecular complexity index is 1520. The van der Waals surface area contributed by atoms with Gasteiger partial charge in [0, 0.05) is 49.1 Å². The fraction of sp³-hybridized carbons (Fsp3) is 0.596. The summed E-state index contributed by atoms with van der Waals surface area (Å²) < 4.78 is 13.4. The first kappa shape index (κ1) is 43.3. The van der Waals surface area contributed by atoms with Gasteiger partial charge in [0.25, 0.3) is 0 Å². The molecule has 1 unspecified atom stereocenters. The van der Waals surface area contributed by atoms with Crippen LogP contribution in [0.3, 0.4) is 0 Å². The highest BCUT2D eigenvalue weighted by Crippen LogP contribution is 2.42. The molecule has 2 aliphatic heterocycles. The predicted octanol–water partition coefficient (Wildman–Crippen LogP) is 10.7. The fourth-order valence-electron chi connectivity index (χ4n) is 8.12. The summed E-state index contributed by atoms with van der Waals surface area (Å²) in [6, 6.07) is 23.7. The third-order valence-corrected chi connectivity index (χ3v) is 12.1. The van der Waals surface area contributed by atoms with Crippen molar-refractivity contribution in [3.63, 3.8) is 0 Å². The Morgan fingerprint density at radius 1 is 0.764 bits per heavy atom. The standard InChI is InChI=1S/C47H67ClN2O5/c1-3-4-5-6-7-8-9-10-11-12-13-14-15-16-44(52)49-33-37-17-23-40(24-18-37)46-54-43(36(2)45(55-46)39-21-19-38(35-51)20-22-39)34-50-31-29-47(53,30-32-50)41-25-27-42(48)28-26-41/h17-28,36,43,45-46,51,53H,3-16,29-35H2,1-2H3,(H,49,52)/t36-,43+,45+,46?/m0/s1. The van der Waals surface area contributed by atoms with Gasteiger partial charge in [0.2, 0.25) is 5.91 Å². The molecule has 7 nitrogen and oxygen atoms in total. The number of benzene rings is 3. The number of nitrogens with one attached hydrogen (secondary N) is 1. The Kier molecular flexibility index (Phi) is 18.0. The maximum Gasteiger partial charge on any atom is 0.220 e. The topological polar surface area (TPSA) is 91.3 Å². The van der Waals surface area contributed by atoms with Gasteiger partial charge in [0.05, 0.1) is 24.4 Å². The number of rotatable bonds is 22. The maximum absolute atomic E-state index is 12.6. The number of hydrogen-bond donors (Lipinski definition) is 3. The quantitative estimate of drug-likeness (QED) is 0.0881. The van der Waals surface area contributed by atoms with E-state index in [0.29, 0.717) is 30.8 Å². The van der Waals surface area contributed by atoms with Crippen LogP contribution in [0, 0.1) is 5.92 Å². The van der Waals surface area contributed by atoms with Crippen molar-refractivity contribution in [1.82, 2.24) is 10.2 Å². The molecule has 0 spiro atoms. The zero-order valence-electron chi connectivity index (χ0n) is 33.5. The normalized spacial score (nSPS) is 21.4. The smallest absolute Gasteiger partial charge is 0.220 e. The van der Waals surface area contributed by atoms with Gasteiger partial charge in [-0.2, -0.15) is 0 Å². The molecular formula is C47H67ClN2O5. The fourth-order valence-corrected chi connectivity index (χ4v) is 8.25. The van der Waals surface area contributed by atoms with E-state index in [4.69, 9.17) is 21.1 Å². The van der Waals surface area contributed by atoms with Gasteiger partial charge >= 0.3 is 0 Å². The molecule has 302 valence electrons. The lowest BCUT2D eigenvalue weighted by Crippen LogP contribution is -2.49. The molecule has 3 N–H and O–H groups in total. The molecule has 0 aliphatic carbocycles. The van der Waals surface area contributed by atoms with Crippen LogP contribution in [-0.2, 0) is 33.0 Å². The van der Waals surface area contributed by atoms with Crippen LogP contribution in [0.2, 0.25) is 5.02 Å². The number of halogens is 1. The molecule has 2 saturated heterocycles. The minimum atomic E-state index is -0.865. The lowest BCUT2D eigenvalue weighted by Gasteiger charge is -2.45. The van der Waals surface area contributed by atoms with E-state index in [1.807, 2.05) is 72.8 Å². The molecule has 0 saturated carbocycles. The van der Waals surface area contributed by atoms with Crippen LogP contribution in [0.5, 0.6) is 0 Å². The molecule has 2 fully saturated rings. The van der Waals surface area contributed by atoms with E-state index < -0.39 is 11.9 Å². The Balaban J connectivity index is 1.08. The van der Waals surface area contributed by atoms with Crippen LogP contribution in [0.15, 0.2) is 72.8 Å². The van der Waals surface area contributed by atoms with Crippen molar-refractivity contribution in [2.45, 2.75) is 154 Å². The molecule has 0 aromatic heterocycles. The second kappa shape index (κ2) is 22.8. The van der Waals surface area contributed by atoms with Gasteiger partial charge in [-0.3, -0.25) is 4.79 Å². The second-order valence-corrected chi connectivity index (χ2v) is 16.6. The van der Waals surface area contributed by atoms with Crippen LogP contribution in [0.1, 0.15) is 157 Å². The van der Waals surface area contributed by atoms with Crippen molar-refractivity contribution < 1.29 is 24.5 Å². The van der Waals surface area contributed by atoms with Crippen molar-refractivity contribution in [2.24, 2.45) is 5.92 Å². The minimum Gasteiger partial charge on any atom is -0.392 e. The monoisotopic (exact) mass is 774 g/mol. The molecular weight excluding hydrogens is 708 g/mol. The number of nitrogens with zero attached hydrogens (tertiary/aromatic N) is 1. The highest BCUT2D eigenvalue weighted by molar-refractivity contribution is 6.30. The number of hydrogen-bond acceptors (Lipinski definition) is 6. The second-order valence-electron chi connectivity index (χ2n) is 16.2. The van der Waals surface area contributed by atoms with Gasteiger partial charge in [-0.05, 0) is 53.6 Å². The number of aliphatic hydroxyl groups excluding tert-OH is 1. The largest absolute Gasteiger partial charge is 0.392 e. The predicted molar refractivity (Wildman–Crippen MR) is 223 cm³/mol. The summed E-state index contributed by atoms with van der Waals surface area (Å²) in [6.45, 7) is 7.20. The molecule has 3 aromatic rings. The van der Waals surface area contributed by atoms with Crippen LogP contribution in [-0.4, -0.2) is 46.8 Å². The molecule has 5 rings (SSSR count). The average molecular weight is 776 g/mol. The number of ether oxygens (including phenoxy) is 2. The summed E-state index contributed by atoms with van der Waals surface area (Å²) in [6.07, 6.45) is 17.9. The molecule has 4 atom stereocenters. The zero-order chi connectivity index (χ0) is 38.9. The third-order valence-electron chi connectivity index (χ3n) is 11.9. The Morgan fingerprint density at radius 2 is 1.31 bits per heavy atom. The number of piperidine rings is 1. The Hall–Kier alpha value is -2.78.